The number of rotatable bonds is 10. The Morgan fingerprint density at radius 2 is 1.97 bits per heavy atom. The zero-order chi connectivity index (χ0) is 24.2. The summed E-state index contributed by atoms with van der Waals surface area (Å²) in [5.74, 6) is 0.996. The molecule has 6 nitrogen and oxygen atoms in total. The highest BCUT2D eigenvalue weighted by Gasteiger charge is 2.28. The smallest absolute Gasteiger partial charge is 0.355 e. The molecule has 0 bridgehead atoms. The predicted molar refractivity (Wildman–Crippen MR) is 144 cm³/mol. The summed E-state index contributed by atoms with van der Waals surface area (Å²) < 4.78 is 13.9. The molecular weight excluding hydrogens is 441 g/mol. The predicted octanol–water partition coefficient (Wildman–Crippen LogP) is 5.04. The van der Waals surface area contributed by atoms with E-state index in [-0.39, 0.29) is 6.92 Å². The molecule has 0 radical (unpaired) electrons. The first-order valence-corrected chi connectivity index (χ1v) is 12.9. The lowest BCUT2D eigenvalue weighted by Crippen LogP contribution is -2.37. The third kappa shape index (κ3) is 4.75. The van der Waals surface area contributed by atoms with Gasteiger partial charge in [0.15, 0.2) is 0 Å². The number of benzene rings is 1. The van der Waals surface area contributed by atoms with Crippen molar-refractivity contribution in [2.45, 2.75) is 52.9 Å². The largest absolute Gasteiger partial charge is 0.432 e. The van der Waals surface area contributed by atoms with E-state index < -0.39 is 0 Å². The van der Waals surface area contributed by atoms with E-state index >= 15 is 0 Å². The molecule has 0 aliphatic rings. The van der Waals surface area contributed by atoms with Gasteiger partial charge in [0, 0.05) is 32.3 Å². The molecule has 3 aromatic heterocycles. The summed E-state index contributed by atoms with van der Waals surface area (Å²) in [6.07, 6.45) is 4.80. The van der Waals surface area contributed by atoms with E-state index in [0.717, 1.165) is 64.2 Å². The SMILES string of the molecule is CCCN(c1cc(-c2c(C)cnn2C)c2snc(B(Cc3ccccc3)OC)c2n1)C(C)CC. The molecule has 3 heterocycles. The summed E-state index contributed by atoms with van der Waals surface area (Å²) in [5.41, 5.74) is 6.47. The van der Waals surface area contributed by atoms with E-state index in [9.17, 15) is 0 Å². The number of hydrogen-bond acceptors (Lipinski definition) is 6. The number of anilines is 1. The van der Waals surface area contributed by atoms with E-state index in [1.165, 1.54) is 17.1 Å². The number of aryl methyl sites for hydroxylation is 2. The Kier molecular flexibility index (Phi) is 7.68. The second-order valence-electron chi connectivity index (χ2n) is 8.94. The lowest BCUT2D eigenvalue weighted by atomic mass is 9.59. The van der Waals surface area contributed by atoms with Crippen LogP contribution in [-0.2, 0) is 18.0 Å². The molecule has 8 heteroatoms. The van der Waals surface area contributed by atoms with Crippen LogP contribution in [-0.4, -0.2) is 45.7 Å². The van der Waals surface area contributed by atoms with Crippen molar-refractivity contribution in [1.29, 1.82) is 0 Å². The molecule has 0 spiro atoms. The Labute approximate surface area is 207 Å². The lowest BCUT2D eigenvalue weighted by Gasteiger charge is -2.30. The summed E-state index contributed by atoms with van der Waals surface area (Å²) in [6, 6.07) is 13.1. The Morgan fingerprint density at radius 3 is 2.59 bits per heavy atom. The van der Waals surface area contributed by atoms with Gasteiger partial charge in [0.1, 0.15) is 11.3 Å². The summed E-state index contributed by atoms with van der Waals surface area (Å²) in [6.45, 7) is 9.64. The number of hydrogen-bond donors (Lipinski definition) is 0. The Bertz CT molecular complexity index is 1220. The molecule has 0 fully saturated rings. The second-order valence-corrected chi connectivity index (χ2v) is 9.71. The van der Waals surface area contributed by atoms with E-state index in [2.05, 4.69) is 68.0 Å². The van der Waals surface area contributed by atoms with Crippen molar-refractivity contribution < 1.29 is 4.65 Å². The minimum Gasteiger partial charge on any atom is -0.432 e. The lowest BCUT2D eigenvalue weighted by molar-refractivity contribution is 0.428. The van der Waals surface area contributed by atoms with Gasteiger partial charge in [-0.25, -0.2) is 9.36 Å². The third-order valence-electron chi connectivity index (χ3n) is 6.55. The standard InChI is InChI=1S/C26H34BN5OS/c1-7-14-32(19(4)8-2)22-15-21(24-18(3)17-28-31(24)5)25-23(29-22)26(30-34-25)27(33-6)16-20-12-10-9-11-13-20/h9-13,15,17,19H,7-8,14,16H2,1-6H3. The van der Waals surface area contributed by atoms with Crippen molar-refractivity contribution in [2.75, 3.05) is 18.6 Å². The fourth-order valence-corrected chi connectivity index (χ4v) is 5.42. The summed E-state index contributed by atoms with van der Waals surface area (Å²) in [5, 5.41) is 4.52. The molecule has 178 valence electrons. The molecule has 1 aromatic carbocycles. The molecule has 0 aliphatic carbocycles. The van der Waals surface area contributed by atoms with Crippen molar-refractivity contribution in [3.05, 3.63) is 53.7 Å². The van der Waals surface area contributed by atoms with Crippen LogP contribution in [0.5, 0.6) is 0 Å². The average molecular weight is 475 g/mol. The quantitative estimate of drug-likeness (QED) is 0.301. The fraction of sp³-hybridized carbons (Fsp3) is 0.423. The molecule has 0 aliphatic heterocycles. The van der Waals surface area contributed by atoms with Crippen LogP contribution in [0.3, 0.4) is 0 Å². The van der Waals surface area contributed by atoms with Crippen LogP contribution in [0.2, 0.25) is 0 Å². The first-order valence-electron chi connectivity index (χ1n) is 12.1. The van der Waals surface area contributed by atoms with Crippen LogP contribution in [0.15, 0.2) is 42.6 Å². The minimum absolute atomic E-state index is 0.164. The number of fused-ring (bicyclic) bond motifs is 1. The number of aromatic nitrogens is 4. The highest BCUT2D eigenvalue weighted by atomic mass is 32.1. The van der Waals surface area contributed by atoms with Gasteiger partial charge < -0.3 is 9.55 Å². The molecule has 0 saturated carbocycles. The van der Waals surface area contributed by atoms with Crippen LogP contribution < -0.4 is 10.5 Å². The highest BCUT2D eigenvalue weighted by Crippen LogP contribution is 2.35. The second kappa shape index (κ2) is 10.7. The molecule has 1 atom stereocenters. The maximum absolute atomic E-state index is 5.97. The highest BCUT2D eigenvalue weighted by molar-refractivity contribution is 7.15. The van der Waals surface area contributed by atoms with Gasteiger partial charge in [0.2, 0.25) is 0 Å². The number of nitrogens with zero attached hydrogens (tertiary/aromatic N) is 5. The van der Waals surface area contributed by atoms with Gasteiger partial charge in [0.05, 0.1) is 22.2 Å². The monoisotopic (exact) mass is 475 g/mol. The molecule has 1 unspecified atom stereocenters. The van der Waals surface area contributed by atoms with Crippen molar-refractivity contribution >= 4 is 40.1 Å². The minimum atomic E-state index is -0.164. The van der Waals surface area contributed by atoms with Crippen LogP contribution >= 0.6 is 11.5 Å². The molecule has 4 rings (SSSR count). The molecule has 4 aromatic rings. The van der Waals surface area contributed by atoms with Gasteiger partial charge in [-0.2, -0.15) is 5.10 Å². The van der Waals surface area contributed by atoms with Gasteiger partial charge in [-0.1, -0.05) is 49.7 Å². The molecule has 34 heavy (non-hydrogen) atoms. The van der Waals surface area contributed by atoms with Crippen LogP contribution in [0.25, 0.3) is 21.5 Å². The molecule has 0 amide bonds. The van der Waals surface area contributed by atoms with E-state index in [0.29, 0.717) is 6.04 Å². The zero-order valence-electron chi connectivity index (χ0n) is 21.1. The molecular formula is C26H34BN5OS. The van der Waals surface area contributed by atoms with Gasteiger partial charge in [-0.05, 0) is 56.2 Å². The van der Waals surface area contributed by atoms with Crippen molar-refractivity contribution in [3.8, 4) is 11.3 Å². The first kappa shape index (κ1) is 24.4. The summed E-state index contributed by atoms with van der Waals surface area (Å²) in [7, 11) is 3.76. The summed E-state index contributed by atoms with van der Waals surface area (Å²) >= 11 is 1.51. The summed E-state index contributed by atoms with van der Waals surface area (Å²) in [4.78, 5) is 7.65. The normalized spacial score (nSPS) is 12.3. The Hall–Kier alpha value is -2.71. The number of pyridine rings is 1. The third-order valence-corrected chi connectivity index (χ3v) is 7.43. The van der Waals surface area contributed by atoms with E-state index in [4.69, 9.17) is 14.0 Å². The van der Waals surface area contributed by atoms with Crippen LogP contribution in [0.4, 0.5) is 5.82 Å². The topological polar surface area (TPSA) is 56.1 Å². The maximum atomic E-state index is 5.97. The van der Waals surface area contributed by atoms with Crippen LogP contribution in [0.1, 0.15) is 44.7 Å². The van der Waals surface area contributed by atoms with Gasteiger partial charge in [0.25, 0.3) is 0 Å². The van der Waals surface area contributed by atoms with E-state index in [1.807, 2.05) is 24.0 Å². The van der Waals surface area contributed by atoms with Gasteiger partial charge in [-0.15, -0.1) is 0 Å². The Balaban J connectivity index is 1.91. The first-order chi connectivity index (χ1) is 16.5. The maximum Gasteiger partial charge on any atom is 0.355 e. The van der Waals surface area contributed by atoms with Gasteiger partial charge in [-0.3, -0.25) is 4.68 Å². The fourth-order valence-electron chi connectivity index (χ4n) is 4.53. The van der Waals surface area contributed by atoms with Crippen molar-refractivity contribution in [3.63, 3.8) is 0 Å². The van der Waals surface area contributed by atoms with Crippen molar-refractivity contribution in [1.82, 2.24) is 19.1 Å². The Morgan fingerprint density at radius 1 is 1.21 bits per heavy atom. The average Bonchev–Trinajstić information content (AvgIpc) is 3.43. The zero-order valence-corrected chi connectivity index (χ0v) is 21.9. The van der Waals surface area contributed by atoms with Crippen LogP contribution in [0, 0.1) is 6.92 Å². The molecule has 0 N–H and O–H groups in total. The van der Waals surface area contributed by atoms with Gasteiger partial charge >= 0.3 is 6.92 Å². The van der Waals surface area contributed by atoms with Crippen molar-refractivity contribution in [2.24, 2.45) is 7.05 Å². The molecule has 0 saturated heterocycles. The van der Waals surface area contributed by atoms with E-state index in [1.54, 1.807) is 7.11 Å².